The Morgan fingerprint density at radius 2 is 1.89 bits per heavy atom. The summed E-state index contributed by atoms with van der Waals surface area (Å²) < 4.78 is 10.3. The van der Waals surface area contributed by atoms with E-state index in [-0.39, 0.29) is 0 Å². The first-order valence-electron chi connectivity index (χ1n) is 6.72. The van der Waals surface area contributed by atoms with Crippen LogP contribution < -0.4 is 5.32 Å². The Hall–Kier alpha value is -0.940. The minimum absolute atomic E-state index is 0.537. The molecule has 0 aromatic heterocycles. The molecule has 4 nitrogen and oxygen atoms in total. The summed E-state index contributed by atoms with van der Waals surface area (Å²) in [6, 6.07) is 9.70. The van der Waals surface area contributed by atoms with Crippen LogP contribution in [0.5, 0.6) is 0 Å². The van der Waals surface area contributed by atoms with E-state index in [0.29, 0.717) is 26.4 Å². The van der Waals surface area contributed by atoms with Gasteiger partial charge in [-0.15, -0.1) is 0 Å². The Bertz CT molecular complexity index is 327. The number of aliphatic hydroxyl groups is 1. The molecule has 4 heteroatoms. The molecule has 0 saturated heterocycles. The van der Waals surface area contributed by atoms with Crippen LogP contribution in [0.4, 0.5) is 0 Å². The molecular weight excluding hydrogens is 242 g/mol. The molecule has 1 rings (SSSR count). The molecule has 1 atom stereocenters. The van der Waals surface area contributed by atoms with Crippen molar-refractivity contribution in [3.63, 3.8) is 0 Å². The van der Waals surface area contributed by atoms with E-state index in [1.807, 2.05) is 37.3 Å². The van der Waals surface area contributed by atoms with E-state index in [4.69, 9.17) is 9.47 Å². The van der Waals surface area contributed by atoms with Crippen molar-refractivity contribution in [1.29, 1.82) is 0 Å². The van der Waals surface area contributed by atoms with E-state index in [1.165, 1.54) is 0 Å². The van der Waals surface area contributed by atoms with Crippen LogP contribution in [-0.2, 0) is 15.1 Å². The zero-order valence-corrected chi connectivity index (χ0v) is 11.9. The van der Waals surface area contributed by atoms with Crippen molar-refractivity contribution in [2.45, 2.75) is 18.9 Å². The van der Waals surface area contributed by atoms with Gasteiger partial charge < -0.3 is 19.9 Å². The van der Waals surface area contributed by atoms with Crippen LogP contribution >= 0.6 is 0 Å². The Morgan fingerprint density at radius 1 is 1.16 bits per heavy atom. The van der Waals surface area contributed by atoms with Crippen molar-refractivity contribution in [3.8, 4) is 0 Å². The quantitative estimate of drug-likeness (QED) is 0.631. The first kappa shape index (κ1) is 16.1. The second-order valence-electron chi connectivity index (χ2n) is 4.78. The van der Waals surface area contributed by atoms with Crippen LogP contribution in [0.3, 0.4) is 0 Å². The third-order valence-electron chi connectivity index (χ3n) is 2.94. The van der Waals surface area contributed by atoms with E-state index < -0.39 is 5.60 Å². The topological polar surface area (TPSA) is 50.7 Å². The third-order valence-corrected chi connectivity index (χ3v) is 2.94. The van der Waals surface area contributed by atoms with Crippen LogP contribution in [0.2, 0.25) is 0 Å². The maximum atomic E-state index is 10.3. The average Bonchev–Trinajstić information content (AvgIpc) is 2.43. The summed E-state index contributed by atoms with van der Waals surface area (Å²) in [5.74, 6) is 0. The molecule has 0 heterocycles. The van der Waals surface area contributed by atoms with E-state index in [9.17, 15) is 5.11 Å². The molecule has 0 aliphatic carbocycles. The van der Waals surface area contributed by atoms with E-state index in [2.05, 4.69) is 5.32 Å². The highest BCUT2D eigenvalue weighted by Gasteiger charge is 2.21. The minimum Gasteiger partial charge on any atom is -0.384 e. The van der Waals surface area contributed by atoms with E-state index >= 15 is 0 Å². The van der Waals surface area contributed by atoms with Gasteiger partial charge in [0.05, 0.1) is 18.8 Å². The molecule has 19 heavy (non-hydrogen) atoms. The predicted molar refractivity (Wildman–Crippen MR) is 76.2 cm³/mol. The number of hydrogen-bond donors (Lipinski definition) is 2. The van der Waals surface area contributed by atoms with Crippen LogP contribution in [0.25, 0.3) is 0 Å². The molecule has 0 aliphatic rings. The van der Waals surface area contributed by atoms with Crippen LogP contribution in [0, 0.1) is 0 Å². The first-order valence-corrected chi connectivity index (χ1v) is 6.72. The van der Waals surface area contributed by atoms with Crippen molar-refractivity contribution in [2.75, 3.05) is 40.0 Å². The fourth-order valence-electron chi connectivity index (χ4n) is 1.77. The highest BCUT2D eigenvalue weighted by molar-refractivity contribution is 5.21. The monoisotopic (exact) mass is 267 g/mol. The molecule has 108 valence electrons. The zero-order valence-electron chi connectivity index (χ0n) is 11.9. The van der Waals surface area contributed by atoms with Gasteiger partial charge >= 0.3 is 0 Å². The number of methoxy groups -OCH3 is 1. The summed E-state index contributed by atoms with van der Waals surface area (Å²) in [6.07, 6.45) is 0.925. The molecule has 1 unspecified atom stereocenters. The SMILES string of the molecule is COCCOCCCNCC(C)(O)c1ccccc1. The number of benzene rings is 1. The lowest BCUT2D eigenvalue weighted by Crippen LogP contribution is -2.36. The second kappa shape index (κ2) is 9.04. The Labute approximate surface area is 115 Å². The van der Waals surface area contributed by atoms with Gasteiger partial charge in [-0.2, -0.15) is 0 Å². The smallest absolute Gasteiger partial charge is 0.0992 e. The summed E-state index contributed by atoms with van der Waals surface area (Å²) in [7, 11) is 1.66. The Morgan fingerprint density at radius 3 is 2.58 bits per heavy atom. The highest BCUT2D eigenvalue weighted by atomic mass is 16.5. The second-order valence-corrected chi connectivity index (χ2v) is 4.78. The third kappa shape index (κ3) is 6.68. The molecule has 0 spiro atoms. The van der Waals surface area contributed by atoms with Crippen LogP contribution in [0.1, 0.15) is 18.9 Å². The number of nitrogens with one attached hydrogen (secondary N) is 1. The molecule has 0 saturated carbocycles. The molecule has 2 N–H and O–H groups in total. The molecule has 0 radical (unpaired) electrons. The number of hydrogen-bond acceptors (Lipinski definition) is 4. The number of ether oxygens (including phenoxy) is 2. The molecule has 0 amide bonds. The standard InChI is InChI=1S/C15H25NO3/c1-15(17,14-7-4-3-5-8-14)13-16-9-6-10-19-12-11-18-2/h3-5,7-8,16-17H,6,9-13H2,1-2H3. The largest absolute Gasteiger partial charge is 0.384 e. The van der Waals surface area contributed by atoms with E-state index in [1.54, 1.807) is 7.11 Å². The molecule has 0 bridgehead atoms. The summed E-state index contributed by atoms with van der Waals surface area (Å²) in [6.45, 7) is 5.17. The van der Waals surface area contributed by atoms with Gasteiger partial charge in [-0.05, 0) is 25.5 Å². The maximum absolute atomic E-state index is 10.3. The van der Waals surface area contributed by atoms with Gasteiger partial charge in [-0.25, -0.2) is 0 Å². The van der Waals surface area contributed by atoms with Gasteiger partial charge in [0.2, 0.25) is 0 Å². The minimum atomic E-state index is -0.835. The molecule has 0 fully saturated rings. The Balaban J connectivity index is 2.12. The van der Waals surface area contributed by atoms with Crippen molar-refractivity contribution >= 4 is 0 Å². The fourth-order valence-corrected chi connectivity index (χ4v) is 1.77. The maximum Gasteiger partial charge on any atom is 0.0992 e. The summed E-state index contributed by atoms with van der Waals surface area (Å²) in [5.41, 5.74) is 0.0943. The van der Waals surface area contributed by atoms with Crippen molar-refractivity contribution in [2.24, 2.45) is 0 Å². The van der Waals surface area contributed by atoms with Crippen molar-refractivity contribution in [3.05, 3.63) is 35.9 Å². The van der Waals surface area contributed by atoms with Crippen LogP contribution in [0.15, 0.2) is 30.3 Å². The lowest BCUT2D eigenvalue weighted by atomic mass is 9.96. The lowest BCUT2D eigenvalue weighted by molar-refractivity contribution is 0.0532. The average molecular weight is 267 g/mol. The van der Waals surface area contributed by atoms with Crippen molar-refractivity contribution < 1.29 is 14.6 Å². The Kier molecular flexibility index (Phi) is 7.67. The van der Waals surface area contributed by atoms with Gasteiger partial charge in [0.25, 0.3) is 0 Å². The van der Waals surface area contributed by atoms with E-state index in [0.717, 1.165) is 18.5 Å². The van der Waals surface area contributed by atoms with Gasteiger partial charge in [0, 0.05) is 20.3 Å². The molecular formula is C15H25NO3. The molecule has 1 aromatic rings. The summed E-state index contributed by atoms with van der Waals surface area (Å²) in [5, 5.41) is 13.6. The highest BCUT2D eigenvalue weighted by Crippen LogP contribution is 2.18. The lowest BCUT2D eigenvalue weighted by Gasteiger charge is -2.24. The molecule has 1 aromatic carbocycles. The van der Waals surface area contributed by atoms with Gasteiger partial charge in [-0.3, -0.25) is 0 Å². The zero-order chi connectivity index (χ0) is 14.0. The number of rotatable bonds is 10. The summed E-state index contributed by atoms with van der Waals surface area (Å²) in [4.78, 5) is 0. The van der Waals surface area contributed by atoms with Gasteiger partial charge in [0.15, 0.2) is 0 Å². The van der Waals surface area contributed by atoms with Crippen LogP contribution in [-0.4, -0.2) is 45.1 Å². The summed E-state index contributed by atoms with van der Waals surface area (Å²) >= 11 is 0. The predicted octanol–water partition coefficient (Wildman–Crippen LogP) is 1.54. The molecule has 0 aliphatic heterocycles. The fraction of sp³-hybridized carbons (Fsp3) is 0.600. The van der Waals surface area contributed by atoms with Crippen molar-refractivity contribution in [1.82, 2.24) is 5.32 Å². The van der Waals surface area contributed by atoms with Gasteiger partial charge in [0.1, 0.15) is 0 Å². The first-order chi connectivity index (χ1) is 9.17. The van der Waals surface area contributed by atoms with Gasteiger partial charge in [-0.1, -0.05) is 30.3 Å². The normalized spacial score (nSPS) is 14.3.